The number of rotatable bonds is 11. The van der Waals surface area contributed by atoms with Crippen molar-refractivity contribution in [3.05, 3.63) is 93.6 Å². The van der Waals surface area contributed by atoms with Gasteiger partial charge >= 0.3 is 6.03 Å². The summed E-state index contributed by atoms with van der Waals surface area (Å²) < 4.78 is 55.1. The molecule has 16 nitrogen and oxygen atoms in total. The number of fused-ring (bicyclic) bond motifs is 2. The minimum Gasteiger partial charge on any atom is -0.385 e. The lowest BCUT2D eigenvalue weighted by atomic mass is 9.69. The van der Waals surface area contributed by atoms with Crippen LogP contribution in [-0.2, 0) is 22.5 Å². The predicted molar refractivity (Wildman–Crippen MR) is 244 cm³/mol. The van der Waals surface area contributed by atoms with Gasteiger partial charge in [0, 0.05) is 101 Å². The fraction of sp³-hybridized carbons (Fsp3) is 0.426. The Morgan fingerprint density at radius 2 is 1.79 bits per heavy atom. The molecule has 4 aliphatic heterocycles. The Balaban J connectivity index is 0.803. The van der Waals surface area contributed by atoms with E-state index < -0.39 is 41.5 Å². The average molecular weight is 940 g/mol. The van der Waals surface area contributed by atoms with Crippen LogP contribution in [0.4, 0.5) is 40.8 Å². The number of halogens is 4. The van der Waals surface area contributed by atoms with E-state index in [2.05, 4.69) is 25.9 Å². The summed E-state index contributed by atoms with van der Waals surface area (Å²) in [6.45, 7) is 2.51. The number of urea groups is 1. The van der Waals surface area contributed by atoms with Crippen molar-refractivity contribution in [2.75, 3.05) is 75.1 Å². The first-order valence-corrected chi connectivity index (χ1v) is 22.8. The number of methoxy groups -OCH3 is 1. The van der Waals surface area contributed by atoms with Gasteiger partial charge in [-0.15, -0.1) is 5.10 Å². The fourth-order valence-electron chi connectivity index (χ4n) is 10.3. The zero-order valence-corrected chi connectivity index (χ0v) is 37.9. The third-order valence-corrected chi connectivity index (χ3v) is 14.6. The van der Waals surface area contributed by atoms with Crippen molar-refractivity contribution >= 4 is 63.9 Å². The Bertz CT molecular complexity index is 2850. The number of hydrogen-bond donors (Lipinski definition) is 3. The normalized spacial score (nSPS) is 21.0. The molecular formula is C47H49ClF3N11O5. The highest BCUT2D eigenvalue weighted by Gasteiger charge is 2.63. The van der Waals surface area contributed by atoms with Crippen molar-refractivity contribution in [2.24, 2.45) is 11.3 Å². The molecule has 1 unspecified atom stereocenters. The number of carbonyl (C=O) groups is 4. The van der Waals surface area contributed by atoms with Gasteiger partial charge < -0.3 is 25.2 Å². The number of imidazole rings is 1. The van der Waals surface area contributed by atoms with E-state index in [-0.39, 0.29) is 85.4 Å². The molecule has 5 amide bonds. The van der Waals surface area contributed by atoms with Crippen molar-refractivity contribution < 1.29 is 37.1 Å². The van der Waals surface area contributed by atoms with Crippen LogP contribution in [0.5, 0.6) is 0 Å². The van der Waals surface area contributed by atoms with Gasteiger partial charge in [0.2, 0.25) is 5.91 Å². The molecule has 3 N–H and O–H groups in total. The lowest BCUT2D eigenvalue weighted by molar-refractivity contribution is -0.220. The number of alkyl halides is 2. The van der Waals surface area contributed by atoms with Gasteiger partial charge in [0.1, 0.15) is 11.5 Å². The Labute approximate surface area is 388 Å². The molecule has 1 spiro atoms. The maximum absolute atomic E-state index is 16.1. The Morgan fingerprint density at radius 3 is 2.51 bits per heavy atom. The lowest BCUT2D eigenvalue weighted by Gasteiger charge is -2.57. The van der Waals surface area contributed by atoms with Crippen LogP contribution in [0.3, 0.4) is 0 Å². The van der Waals surface area contributed by atoms with Crippen LogP contribution in [0.1, 0.15) is 63.2 Å². The molecule has 7 heterocycles. The van der Waals surface area contributed by atoms with Gasteiger partial charge in [-0.05, 0) is 73.6 Å². The molecule has 1 saturated carbocycles. The van der Waals surface area contributed by atoms with Crippen LogP contribution in [0, 0.1) is 24.1 Å². The predicted octanol–water partition coefficient (Wildman–Crippen LogP) is 6.21. The maximum atomic E-state index is 16.1. The number of imide groups is 1. The number of carbonyl (C=O) groups excluding carboxylic acids is 4. The molecule has 5 aliphatic rings. The molecule has 67 heavy (non-hydrogen) atoms. The Kier molecular flexibility index (Phi) is 11.4. The first kappa shape index (κ1) is 44.5. The molecule has 2 atom stereocenters. The zero-order chi connectivity index (χ0) is 46.9. The summed E-state index contributed by atoms with van der Waals surface area (Å²) in [5.74, 6) is -4.20. The highest BCUT2D eigenvalue weighted by atomic mass is 35.5. The number of benzene rings is 2. The molecule has 4 fully saturated rings. The smallest absolute Gasteiger partial charge is 0.328 e. The van der Waals surface area contributed by atoms with E-state index >= 15 is 13.2 Å². The summed E-state index contributed by atoms with van der Waals surface area (Å²) in [6.07, 6.45) is 5.67. The summed E-state index contributed by atoms with van der Waals surface area (Å²) in [5, 5.41) is 13.6. The second-order valence-electron chi connectivity index (χ2n) is 18.3. The van der Waals surface area contributed by atoms with Crippen LogP contribution in [0.15, 0.2) is 54.9 Å². The molecule has 3 aromatic heterocycles. The van der Waals surface area contributed by atoms with Gasteiger partial charge in [-0.25, -0.2) is 27.5 Å². The number of nitrogens with zero attached hydrogens (tertiary/aromatic N) is 8. The molecule has 10 rings (SSSR count). The number of ether oxygens (including phenoxy) is 1. The number of aromatic nitrogens is 4. The second kappa shape index (κ2) is 17.1. The number of piperidine rings is 1. The summed E-state index contributed by atoms with van der Waals surface area (Å²) >= 11 is 6.51. The van der Waals surface area contributed by atoms with Crippen LogP contribution >= 0.6 is 11.6 Å². The molecule has 1 aliphatic carbocycles. The number of nitrogens with one attached hydrogen (secondary N) is 3. The number of likely N-dealkylation sites (tertiary alicyclic amines) is 2. The molecule has 5 aromatic rings. The molecule has 0 radical (unpaired) electrons. The van der Waals surface area contributed by atoms with Crippen LogP contribution in [0.2, 0.25) is 5.02 Å². The standard InChI is InChI=1S/C47H49ClF3N11O5/c1-26-15-29(17-36(40(26)48)61-13-10-39(63)56-45(61)66)44(65)59-14-11-46(47(50,51)25-59)23-58(24-46)21-27-16-32(49)41(53-19-27)31-5-4-6-35-30(31)9-12-60(35)38-18-34(52-2)42-54-20-37(62(42)57-38)43(64)55-33-8-7-28(33)22-67-3/h4-6,15-20,28,33,52H,7-14,21-25H2,1-3H3,(H,55,64)(H,56,63,66)/t28-,33?/m0/s1. The topological polar surface area (TPSA) is 170 Å². The number of hydrogen-bond acceptors (Lipinski definition) is 11. The third-order valence-electron chi connectivity index (χ3n) is 14.1. The van der Waals surface area contributed by atoms with Crippen molar-refractivity contribution in [3.8, 4) is 11.3 Å². The first-order valence-electron chi connectivity index (χ1n) is 22.4. The van der Waals surface area contributed by atoms with Crippen molar-refractivity contribution in [1.29, 1.82) is 0 Å². The highest BCUT2D eigenvalue weighted by Crippen LogP contribution is 2.51. The second-order valence-corrected chi connectivity index (χ2v) is 18.7. The lowest BCUT2D eigenvalue weighted by Crippen LogP contribution is -2.70. The van der Waals surface area contributed by atoms with E-state index in [4.69, 9.17) is 21.4 Å². The van der Waals surface area contributed by atoms with Gasteiger partial charge in [-0.3, -0.25) is 34.5 Å². The van der Waals surface area contributed by atoms with E-state index in [1.165, 1.54) is 29.3 Å². The van der Waals surface area contributed by atoms with E-state index in [1.54, 1.807) is 31.8 Å². The quantitative estimate of drug-likeness (QED) is 0.138. The van der Waals surface area contributed by atoms with E-state index in [9.17, 15) is 19.2 Å². The fourth-order valence-corrected chi connectivity index (χ4v) is 10.5. The maximum Gasteiger partial charge on any atom is 0.328 e. The SMILES string of the molecule is CNc1cc(N2CCc3c(-c4ncc(CN5CC6(CCN(C(=O)c7cc(C)c(Cl)c(N8CCC(=O)NC8=O)c7)CC6(F)F)C5)cc4F)cccc32)nn2c(C(=O)NC3CC[C@H]3COC)cnc12. The van der Waals surface area contributed by atoms with Crippen molar-refractivity contribution in [1.82, 2.24) is 40.0 Å². The molecule has 0 bridgehead atoms. The zero-order valence-electron chi connectivity index (χ0n) is 37.2. The van der Waals surface area contributed by atoms with Crippen LogP contribution in [0.25, 0.3) is 16.9 Å². The van der Waals surface area contributed by atoms with E-state index in [1.807, 2.05) is 34.1 Å². The first-order chi connectivity index (χ1) is 32.2. The summed E-state index contributed by atoms with van der Waals surface area (Å²) in [7, 11) is 3.44. The number of anilines is 4. The number of pyridine rings is 1. The molecular weight excluding hydrogens is 891 g/mol. The van der Waals surface area contributed by atoms with Crippen molar-refractivity contribution in [3.63, 3.8) is 0 Å². The summed E-state index contributed by atoms with van der Waals surface area (Å²) in [5.41, 5.74) is 4.05. The number of aryl methyl sites for hydroxylation is 1. The van der Waals surface area contributed by atoms with Gasteiger partial charge in [0.05, 0.1) is 41.2 Å². The molecule has 3 saturated heterocycles. The van der Waals surface area contributed by atoms with Crippen LogP contribution in [-0.4, -0.2) is 125 Å². The average Bonchev–Trinajstić information content (AvgIpc) is 3.93. The minimum atomic E-state index is -3.21. The molecule has 20 heteroatoms. The third kappa shape index (κ3) is 7.79. The highest BCUT2D eigenvalue weighted by molar-refractivity contribution is 6.35. The number of amides is 5. The Hall–Kier alpha value is -6.31. The minimum absolute atomic E-state index is 0.0140. The van der Waals surface area contributed by atoms with Gasteiger partial charge in [-0.1, -0.05) is 23.7 Å². The van der Waals surface area contributed by atoms with E-state index in [0.717, 1.165) is 29.0 Å². The monoisotopic (exact) mass is 939 g/mol. The summed E-state index contributed by atoms with van der Waals surface area (Å²) in [6, 6.07) is 11.2. The molecule has 350 valence electrons. The van der Waals surface area contributed by atoms with Gasteiger partial charge in [0.25, 0.3) is 17.7 Å². The van der Waals surface area contributed by atoms with Crippen molar-refractivity contribution in [2.45, 2.75) is 57.5 Å². The van der Waals surface area contributed by atoms with Gasteiger partial charge in [0.15, 0.2) is 17.2 Å². The summed E-state index contributed by atoms with van der Waals surface area (Å²) in [4.78, 5) is 66.8. The van der Waals surface area contributed by atoms with E-state index in [0.29, 0.717) is 59.1 Å². The largest absolute Gasteiger partial charge is 0.385 e. The van der Waals surface area contributed by atoms with Crippen LogP contribution < -0.4 is 25.8 Å². The Morgan fingerprint density at radius 1 is 0.985 bits per heavy atom. The molecule has 2 aromatic carbocycles. The van der Waals surface area contributed by atoms with Gasteiger partial charge in [-0.2, -0.15) is 0 Å².